The number of hydrogen-bond acceptors (Lipinski definition) is 3. The summed E-state index contributed by atoms with van der Waals surface area (Å²) >= 11 is 0. The molecule has 0 aromatic heterocycles. The highest BCUT2D eigenvalue weighted by molar-refractivity contribution is 5.77. The third-order valence-electron chi connectivity index (χ3n) is 3.18. The Morgan fingerprint density at radius 3 is 2.62 bits per heavy atom. The second kappa shape index (κ2) is 6.86. The second-order valence-corrected chi connectivity index (χ2v) is 4.60. The molecule has 1 rings (SSSR count). The molecule has 0 aromatic carbocycles. The zero-order valence-corrected chi connectivity index (χ0v) is 10.3. The first kappa shape index (κ1) is 13.5. The van der Waals surface area contributed by atoms with Gasteiger partial charge in [0.1, 0.15) is 0 Å². The van der Waals surface area contributed by atoms with Crippen LogP contribution in [0.2, 0.25) is 0 Å². The molecule has 3 N–H and O–H groups in total. The molecule has 0 aromatic rings. The standard InChI is InChI=1S/C12H24N2O2/c1-2-8-16-9-5-11(15)14-12(10-13)6-3-4-7-12/h2-10,13H2,1H3,(H,14,15). The maximum absolute atomic E-state index is 11.7. The van der Waals surface area contributed by atoms with Gasteiger partial charge in [-0.2, -0.15) is 0 Å². The van der Waals surface area contributed by atoms with E-state index in [1.807, 2.05) is 0 Å². The van der Waals surface area contributed by atoms with Crippen molar-refractivity contribution < 1.29 is 9.53 Å². The van der Waals surface area contributed by atoms with E-state index in [1.54, 1.807) is 0 Å². The number of rotatable bonds is 7. The van der Waals surface area contributed by atoms with Crippen molar-refractivity contribution in [2.45, 2.75) is 51.0 Å². The van der Waals surface area contributed by atoms with Crippen molar-refractivity contribution in [3.8, 4) is 0 Å². The van der Waals surface area contributed by atoms with Crippen molar-refractivity contribution in [1.82, 2.24) is 5.32 Å². The van der Waals surface area contributed by atoms with Gasteiger partial charge in [-0.25, -0.2) is 0 Å². The Bertz CT molecular complexity index is 213. The van der Waals surface area contributed by atoms with Gasteiger partial charge in [0.2, 0.25) is 5.91 Å². The summed E-state index contributed by atoms with van der Waals surface area (Å²) in [4.78, 5) is 11.7. The van der Waals surface area contributed by atoms with E-state index < -0.39 is 0 Å². The van der Waals surface area contributed by atoms with E-state index in [1.165, 1.54) is 12.8 Å². The topological polar surface area (TPSA) is 64.3 Å². The highest BCUT2D eigenvalue weighted by Gasteiger charge is 2.33. The first-order valence-corrected chi connectivity index (χ1v) is 6.31. The van der Waals surface area contributed by atoms with Crippen molar-refractivity contribution in [3.05, 3.63) is 0 Å². The largest absolute Gasteiger partial charge is 0.381 e. The van der Waals surface area contributed by atoms with E-state index in [-0.39, 0.29) is 11.4 Å². The maximum Gasteiger partial charge on any atom is 0.222 e. The summed E-state index contributed by atoms with van der Waals surface area (Å²) in [5.41, 5.74) is 5.62. The molecule has 4 heteroatoms. The molecule has 16 heavy (non-hydrogen) atoms. The van der Waals surface area contributed by atoms with E-state index in [4.69, 9.17) is 10.5 Å². The number of nitrogens with one attached hydrogen (secondary N) is 1. The monoisotopic (exact) mass is 228 g/mol. The lowest BCUT2D eigenvalue weighted by atomic mass is 9.98. The molecule has 94 valence electrons. The Labute approximate surface area is 97.9 Å². The van der Waals surface area contributed by atoms with Gasteiger partial charge in [-0.05, 0) is 19.3 Å². The van der Waals surface area contributed by atoms with Gasteiger partial charge < -0.3 is 15.8 Å². The number of ether oxygens (including phenoxy) is 1. The lowest BCUT2D eigenvalue weighted by Gasteiger charge is -2.28. The lowest BCUT2D eigenvalue weighted by molar-refractivity contribution is -0.124. The first-order chi connectivity index (χ1) is 7.72. The van der Waals surface area contributed by atoms with Crippen LogP contribution in [0.4, 0.5) is 0 Å². The Balaban J connectivity index is 2.21. The van der Waals surface area contributed by atoms with Gasteiger partial charge in [-0.15, -0.1) is 0 Å². The minimum absolute atomic E-state index is 0.0726. The van der Waals surface area contributed by atoms with Crippen LogP contribution in [0.5, 0.6) is 0 Å². The van der Waals surface area contributed by atoms with E-state index in [2.05, 4.69) is 12.2 Å². The van der Waals surface area contributed by atoms with Crippen LogP contribution in [0.3, 0.4) is 0 Å². The van der Waals surface area contributed by atoms with Crippen LogP contribution in [0.25, 0.3) is 0 Å². The molecule has 0 saturated heterocycles. The normalized spacial score (nSPS) is 18.6. The number of carbonyl (C=O) groups is 1. The molecule has 0 aliphatic heterocycles. The van der Waals surface area contributed by atoms with Crippen LogP contribution in [0.1, 0.15) is 45.4 Å². The molecule has 0 spiro atoms. The molecule has 1 saturated carbocycles. The van der Waals surface area contributed by atoms with Crippen molar-refractivity contribution in [1.29, 1.82) is 0 Å². The molecular formula is C12H24N2O2. The highest BCUT2D eigenvalue weighted by Crippen LogP contribution is 2.28. The maximum atomic E-state index is 11.7. The molecule has 0 radical (unpaired) electrons. The molecule has 0 heterocycles. The zero-order chi connectivity index (χ0) is 11.9. The summed E-state index contributed by atoms with van der Waals surface area (Å²) < 4.78 is 5.29. The van der Waals surface area contributed by atoms with E-state index in [0.717, 1.165) is 25.9 Å². The molecular weight excluding hydrogens is 204 g/mol. The average Bonchev–Trinajstić information content (AvgIpc) is 2.74. The summed E-state index contributed by atoms with van der Waals surface area (Å²) in [5, 5.41) is 3.08. The molecule has 1 amide bonds. The molecule has 0 unspecified atom stereocenters. The summed E-state index contributed by atoms with van der Waals surface area (Å²) in [6.45, 7) is 3.85. The summed E-state index contributed by atoms with van der Waals surface area (Å²) in [6.07, 6.45) is 5.82. The zero-order valence-electron chi connectivity index (χ0n) is 10.3. The van der Waals surface area contributed by atoms with Gasteiger partial charge in [-0.1, -0.05) is 19.8 Å². The summed E-state index contributed by atoms with van der Waals surface area (Å²) in [6, 6.07) is 0. The molecule has 1 fully saturated rings. The lowest BCUT2D eigenvalue weighted by Crippen LogP contribution is -2.51. The van der Waals surface area contributed by atoms with Gasteiger partial charge >= 0.3 is 0 Å². The highest BCUT2D eigenvalue weighted by atomic mass is 16.5. The van der Waals surface area contributed by atoms with Gasteiger partial charge in [0.25, 0.3) is 0 Å². The van der Waals surface area contributed by atoms with E-state index >= 15 is 0 Å². The fourth-order valence-corrected chi connectivity index (χ4v) is 2.20. The smallest absolute Gasteiger partial charge is 0.222 e. The van der Waals surface area contributed by atoms with Crippen molar-refractivity contribution in [2.75, 3.05) is 19.8 Å². The van der Waals surface area contributed by atoms with E-state index in [0.29, 0.717) is 19.6 Å². The van der Waals surface area contributed by atoms with Crippen LogP contribution in [0.15, 0.2) is 0 Å². The van der Waals surface area contributed by atoms with Crippen molar-refractivity contribution in [2.24, 2.45) is 5.73 Å². The average molecular weight is 228 g/mol. The predicted octanol–water partition coefficient (Wildman–Crippen LogP) is 1.19. The van der Waals surface area contributed by atoms with Crippen LogP contribution < -0.4 is 11.1 Å². The summed E-state index contributed by atoms with van der Waals surface area (Å²) in [5.74, 6) is 0.0726. The predicted molar refractivity (Wildman–Crippen MR) is 64.1 cm³/mol. The minimum atomic E-state index is -0.123. The van der Waals surface area contributed by atoms with Crippen molar-refractivity contribution in [3.63, 3.8) is 0 Å². The van der Waals surface area contributed by atoms with Gasteiger partial charge in [0, 0.05) is 19.6 Å². The minimum Gasteiger partial charge on any atom is -0.381 e. The Morgan fingerprint density at radius 2 is 2.06 bits per heavy atom. The molecule has 1 aliphatic carbocycles. The number of amides is 1. The third-order valence-corrected chi connectivity index (χ3v) is 3.18. The molecule has 0 bridgehead atoms. The van der Waals surface area contributed by atoms with E-state index in [9.17, 15) is 4.79 Å². The fourth-order valence-electron chi connectivity index (χ4n) is 2.20. The molecule has 4 nitrogen and oxygen atoms in total. The first-order valence-electron chi connectivity index (χ1n) is 6.31. The van der Waals surface area contributed by atoms with Crippen LogP contribution in [-0.4, -0.2) is 31.2 Å². The Kier molecular flexibility index (Phi) is 5.77. The number of hydrogen-bond donors (Lipinski definition) is 2. The second-order valence-electron chi connectivity index (χ2n) is 4.60. The van der Waals surface area contributed by atoms with Crippen molar-refractivity contribution >= 4 is 5.91 Å². The van der Waals surface area contributed by atoms with Crippen LogP contribution in [-0.2, 0) is 9.53 Å². The molecule has 0 atom stereocenters. The van der Waals surface area contributed by atoms with Gasteiger partial charge in [0.15, 0.2) is 0 Å². The Morgan fingerprint density at radius 1 is 1.38 bits per heavy atom. The third kappa shape index (κ3) is 4.10. The van der Waals surface area contributed by atoms with Crippen LogP contribution >= 0.6 is 0 Å². The van der Waals surface area contributed by atoms with Gasteiger partial charge in [-0.3, -0.25) is 4.79 Å². The SMILES string of the molecule is CCCOCCC(=O)NC1(CN)CCCC1. The Hall–Kier alpha value is -0.610. The van der Waals surface area contributed by atoms with Crippen LogP contribution in [0, 0.1) is 0 Å². The quantitative estimate of drug-likeness (QED) is 0.643. The van der Waals surface area contributed by atoms with Gasteiger partial charge in [0.05, 0.1) is 12.1 Å². The summed E-state index contributed by atoms with van der Waals surface area (Å²) in [7, 11) is 0. The molecule has 1 aliphatic rings. The number of nitrogens with two attached hydrogens (primary N) is 1. The number of carbonyl (C=O) groups excluding carboxylic acids is 1. The fraction of sp³-hybridized carbons (Fsp3) is 0.917.